The zero-order valence-corrected chi connectivity index (χ0v) is 16.8. The number of aliphatic hydroxyl groups excluding tert-OH is 1. The van der Waals surface area contributed by atoms with Crippen molar-refractivity contribution in [3.63, 3.8) is 0 Å². The van der Waals surface area contributed by atoms with E-state index in [1.54, 1.807) is 17.4 Å². The lowest BCUT2D eigenvalue weighted by atomic mass is 10.1. The van der Waals surface area contributed by atoms with Crippen molar-refractivity contribution < 1.29 is 13.5 Å². The van der Waals surface area contributed by atoms with Gasteiger partial charge in [-0.05, 0) is 30.7 Å². The SMILES string of the molecule is CC(c1ccc2scnc2c1)N1CCc2ncc(S(C)(=O)=O)cc2C(O)C1. The third kappa shape index (κ3) is 3.62. The average Bonchev–Trinajstić information content (AvgIpc) is 3.04. The third-order valence-electron chi connectivity index (χ3n) is 5.19. The van der Waals surface area contributed by atoms with Crippen molar-refractivity contribution in [2.75, 3.05) is 19.3 Å². The lowest BCUT2D eigenvalue weighted by Crippen LogP contribution is -2.31. The van der Waals surface area contributed by atoms with Crippen molar-refractivity contribution >= 4 is 31.4 Å². The van der Waals surface area contributed by atoms with Gasteiger partial charge in [0.1, 0.15) is 0 Å². The van der Waals surface area contributed by atoms with Gasteiger partial charge in [-0.3, -0.25) is 9.88 Å². The van der Waals surface area contributed by atoms with Gasteiger partial charge in [-0.2, -0.15) is 0 Å². The molecule has 4 rings (SSSR count). The molecule has 3 heterocycles. The number of aliphatic hydroxyl groups is 1. The quantitative estimate of drug-likeness (QED) is 0.724. The van der Waals surface area contributed by atoms with Gasteiger partial charge in [0, 0.05) is 49.3 Å². The highest BCUT2D eigenvalue weighted by Crippen LogP contribution is 2.31. The van der Waals surface area contributed by atoms with E-state index in [2.05, 4.69) is 40.0 Å². The number of sulfone groups is 1. The standard InChI is InChI=1S/C19H21N3O3S2/c1-12(13-3-4-19-17(7-13)21-11-26-19)22-6-5-16-15(18(23)10-22)8-14(9-20-16)27(2,24)25/h3-4,7-9,11-12,18,23H,5-6,10H2,1-2H3. The molecule has 2 unspecified atom stereocenters. The van der Waals surface area contributed by atoms with Gasteiger partial charge in [-0.25, -0.2) is 13.4 Å². The molecule has 1 aliphatic heterocycles. The van der Waals surface area contributed by atoms with E-state index in [-0.39, 0.29) is 10.9 Å². The molecule has 0 saturated heterocycles. The number of aromatic nitrogens is 2. The molecule has 27 heavy (non-hydrogen) atoms. The fourth-order valence-corrected chi connectivity index (χ4v) is 4.79. The predicted molar refractivity (Wildman–Crippen MR) is 106 cm³/mol. The molecule has 3 aromatic rings. The molecule has 6 nitrogen and oxygen atoms in total. The Bertz CT molecular complexity index is 1090. The first kappa shape index (κ1) is 18.5. The summed E-state index contributed by atoms with van der Waals surface area (Å²) >= 11 is 1.62. The van der Waals surface area contributed by atoms with Gasteiger partial charge >= 0.3 is 0 Å². The summed E-state index contributed by atoms with van der Waals surface area (Å²) < 4.78 is 24.8. The van der Waals surface area contributed by atoms with Crippen LogP contribution >= 0.6 is 11.3 Å². The monoisotopic (exact) mass is 403 g/mol. The number of hydrogen-bond acceptors (Lipinski definition) is 7. The lowest BCUT2D eigenvalue weighted by Gasteiger charge is -2.29. The Morgan fingerprint density at radius 1 is 1.30 bits per heavy atom. The van der Waals surface area contributed by atoms with E-state index < -0.39 is 15.9 Å². The van der Waals surface area contributed by atoms with Crippen LogP contribution in [0.3, 0.4) is 0 Å². The van der Waals surface area contributed by atoms with Crippen LogP contribution in [-0.2, 0) is 16.3 Å². The summed E-state index contributed by atoms with van der Waals surface area (Å²) in [5, 5.41) is 10.7. The molecule has 142 valence electrons. The number of fused-ring (bicyclic) bond motifs is 2. The molecular weight excluding hydrogens is 382 g/mol. The maximum Gasteiger partial charge on any atom is 0.177 e. The van der Waals surface area contributed by atoms with Crippen molar-refractivity contribution in [2.24, 2.45) is 0 Å². The van der Waals surface area contributed by atoms with Gasteiger partial charge in [-0.1, -0.05) is 6.07 Å². The van der Waals surface area contributed by atoms with Crippen molar-refractivity contribution in [2.45, 2.75) is 30.4 Å². The number of pyridine rings is 1. The van der Waals surface area contributed by atoms with E-state index in [4.69, 9.17) is 0 Å². The van der Waals surface area contributed by atoms with Crippen LogP contribution in [0.15, 0.2) is 40.9 Å². The normalized spacial score (nSPS) is 19.6. The molecule has 0 bridgehead atoms. The summed E-state index contributed by atoms with van der Waals surface area (Å²) in [5.74, 6) is 0. The number of nitrogens with zero attached hydrogens (tertiary/aromatic N) is 3. The van der Waals surface area contributed by atoms with Crippen LogP contribution in [-0.4, -0.2) is 47.7 Å². The first-order valence-corrected chi connectivity index (χ1v) is 11.5. The Morgan fingerprint density at radius 2 is 2.11 bits per heavy atom. The van der Waals surface area contributed by atoms with Gasteiger partial charge in [0.25, 0.3) is 0 Å². The van der Waals surface area contributed by atoms with Gasteiger partial charge < -0.3 is 5.11 Å². The van der Waals surface area contributed by atoms with Gasteiger partial charge in [0.15, 0.2) is 9.84 Å². The molecule has 1 aromatic carbocycles. The number of benzene rings is 1. The first-order valence-electron chi connectivity index (χ1n) is 8.77. The molecule has 1 N–H and O–H groups in total. The van der Waals surface area contributed by atoms with E-state index in [9.17, 15) is 13.5 Å². The largest absolute Gasteiger partial charge is 0.387 e. The number of hydrogen-bond donors (Lipinski definition) is 1. The van der Waals surface area contributed by atoms with Crippen LogP contribution in [0.2, 0.25) is 0 Å². The zero-order chi connectivity index (χ0) is 19.2. The second-order valence-electron chi connectivity index (χ2n) is 7.00. The summed E-state index contributed by atoms with van der Waals surface area (Å²) in [5.41, 5.74) is 5.36. The number of thiazole rings is 1. The molecule has 0 spiro atoms. The fraction of sp³-hybridized carbons (Fsp3) is 0.368. The minimum atomic E-state index is -3.35. The highest BCUT2D eigenvalue weighted by atomic mass is 32.2. The molecule has 2 aromatic heterocycles. The fourth-order valence-electron chi connectivity index (χ4n) is 3.55. The van der Waals surface area contributed by atoms with Crippen molar-refractivity contribution in [1.29, 1.82) is 0 Å². The van der Waals surface area contributed by atoms with Crippen LogP contribution in [0, 0.1) is 0 Å². The Kier molecular flexibility index (Phi) is 4.75. The van der Waals surface area contributed by atoms with E-state index in [1.807, 2.05) is 5.51 Å². The van der Waals surface area contributed by atoms with Crippen LogP contribution in [0.4, 0.5) is 0 Å². The van der Waals surface area contributed by atoms with Crippen molar-refractivity contribution in [3.05, 3.63) is 52.8 Å². The van der Waals surface area contributed by atoms with Gasteiger partial charge in [0.2, 0.25) is 0 Å². The zero-order valence-electron chi connectivity index (χ0n) is 15.2. The smallest absolute Gasteiger partial charge is 0.177 e. The van der Waals surface area contributed by atoms with Crippen molar-refractivity contribution in [1.82, 2.24) is 14.9 Å². The Hall–Kier alpha value is -1.87. The van der Waals surface area contributed by atoms with Crippen LogP contribution < -0.4 is 0 Å². The summed E-state index contributed by atoms with van der Waals surface area (Å²) in [4.78, 5) is 11.1. The average molecular weight is 404 g/mol. The van der Waals surface area contributed by atoms with E-state index in [0.717, 1.165) is 34.3 Å². The van der Waals surface area contributed by atoms with Gasteiger partial charge in [-0.15, -0.1) is 11.3 Å². The molecule has 0 saturated carbocycles. The Balaban J connectivity index is 1.61. The van der Waals surface area contributed by atoms with E-state index in [1.165, 1.54) is 6.20 Å². The molecular formula is C19H21N3O3S2. The summed E-state index contributed by atoms with van der Waals surface area (Å²) in [6.45, 7) is 3.29. The molecule has 0 amide bonds. The minimum Gasteiger partial charge on any atom is -0.387 e. The third-order valence-corrected chi connectivity index (χ3v) is 7.08. The molecule has 1 aliphatic rings. The number of rotatable bonds is 3. The predicted octanol–water partition coefficient (Wildman–Crippen LogP) is 2.75. The Morgan fingerprint density at radius 3 is 2.89 bits per heavy atom. The second kappa shape index (κ2) is 6.94. The van der Waals surface area contributed by atoms with E-state index in [0.29, 0.717) is 18.5 Å². The van der Waals surface area contributed by atoms with Gasteiger partial charge in [0.05, 0.1) is 26.7 Å². The first-order chi connectivity index (χ1) is 12.8. The van der Waals surface area contributed by atoms with Crippen LogP contribution in [0.5, 0.6) is 0 Å². The summed E-state index contributed by atoms with van der Waals surface area (Å²) in [6.07, 6.45) is 2.43. The molecule has 0 fully saturated rings. The minimum absolute atomic E-state index is 0.106. The summed E-state index contributed by atoms with van der Waals surface area (Å²) in [6, 6.07) is 7.96. The maximum absolute atomic E-state index is 11.8. The topological polar surface area (TPSA) is 83.4 Å². The summed E-state index contributed by atoms with van der Waals surface area (Å²) in [7, 11) is -3.35. The molecule has 8 heteroatoms. The number of β-amino-alcohol motifs (C(OH)–C–C–N with tert-alkyl or cyclic N) is 1. The highest BCUT2D eigenvalue weighted by molar-refractivity contribution is 7.90. The van der Waals surface area contributed by atoms with Crippen LogP contribution in [0.1, 0.15) is 35.9 Å². The van der Waals surface area contributed by atoms with Crippen LogP contribution in [0.25, 0.3) is 10.2 Å². The molecule has 0 aliphatic carbocycles. The Labute approximate surface area is 162 Å². The maximum atomic E-state index is 11.8. The second-order valence-corrected chi connectivity index (χ2v) is 9.90. The van der Waals surface area contributed by atoms with E-state index >= 15 is 0 Å². The molecule has 2 atom stereocenters. The lowest BCUT2D eigenvalue weighted by molar-refractivity contribution is 0.0984. The highest BCUT2D eigenvalue weighted by Gasteiger charge is 2.27. The molecule has 0 radical (unpaired) electrons. The van der Waals surface area contributed by atoms with Crippen molar-refractivity contribution in [3.8, 4) is 0 Å².